The van der Waals surface area contributed by atoms with Crippen LogP contribution in [-0.2, 0) is 0 Å². The Kier molecular flexibility index (Phi) is 1.40. The predicted molar refractivity (Wildman–Crippen MR) is 52.7 cm³/mol. The summed E-state index contributed by atoms with van der Waals surface area (Å²) in [6.07, 6.45) is 8.07. The minimum absolute atomic E-state index is 0.725. The maximum atomic E-state index is 4.04. The molecule has 0 amide bonds. The van der Waals surface area contributed by atoms with Crippen molar-refractivity contribution in [3.8, 4) is 0 Å². The molecule has 2 fully saturated rings. The molecule has 2 nitrogen and oxygen atoms in total. The van der Waals surface area contributed by atoms with Crippen LogP contribution >= 0.6 is 0 Å². The van der Waals surface area contributed by atoms with Crippen molar-refractivity contribution in [3.05, 3.63) is 24.5 Å². The fraction of sp³-hybridized carbons (Fsp3) is 0.545. The zero-order valence-corrected chi connectivity index (χ0v) is 7.74. The van der Waals surface area contributed by atoms with Crippen LogP contribution in [0.2, 0.25) is 0 Å². The molecule has 0 unspecified atom stereocenters. The van der Waals surface area contributed by atoms with E-state index in [1.165, 1.54) is 38.0 Å². The fourth-order valence-electron chi connectivity index (χ4n) is 2.30. The molecule has 13 heavy (non-hydrogen) atoms. The van der Waals surface area contributed by atoms with Crippen molar-refractivity contribution in [2.75, 3.05) is 18.0 Å². The van der Waals surface area contributed by atoms with E-state index < -0.39 is 0 Å². The van der Waals surface area contributed by atoms with E-state index in [4.69, 9.17) is 0 Å². The maximum absolute atomic E-state index is 4.04. The predicted octanol–water partition coefficient (Wildman–Crippen LogP) is 2.07. The maximum Gasteiger partial charge on any atom is 0.0397 e. The van der Waals surface area contributed by atoms with Gasteiger partial charge in [-0.3, -0.25) is 4.98 Å². The van der Waals surface area contributed by atoms with Crippen LogP contribution in [-0.4, -0.2) is 18.1 Å². The summed E-state index contributed by atoms with van der Waals surface area (Å²) < 4.78 is 0. The van der Waals surface area contributed by atoms with Gasteiger partial charge in [0.2, 0.25) is 0 Å². The first kappa shape index (κ1) is 7.36. The molecule has 0 N–H and O–H groups in total. The lowest BCUT2D eigenvalue weighted by Crippen LogP contribution is -2.19. The second-order valence-corrected chi connectivity index (χ2v) is 4.38. The molecule has 3 rings (SSSR count). The summed E-state index contributed by atoms with van der Waals surface area (Å²) in [6, 6.07) is 4.22. The largest absolute Gasteiger partial charge is 0.371 e. The van der Waals surface area contributed by atoms with Crippen molar-refractivity contribution in [1.29, 1.82) is 0 Å². The molecule has 1 spiro atoms. The Labute approximate surface area is 78.6 Å². The number of hydrogen-bond acceptors (Lipinski definition) is 2. The van der Waals surface area contributed by atoms with Gasteiger partial charge in [-0.15, -0.1) is 0 Å². The zero-order chi connectivity index (χ0) is 8.73. The molecule has 1 aromatic heterocycles. The molecule has 0 atom stereocenters. The Bertz CT molecular complexity index is 303. The number of hydrogen-bond donors (Lipinski definition) is 0. The van der Waals surface area contributed by atoms with Crippen molar-refractivity contribution >= 4 is 5.69 Å². The van der Waals surface area contributed by atoms with Crippen molar-refractivity contribution in [2.24, 2.45) is 5.41 Å². The zero-order valence-electron chi connectivity index (χ0n) is 7.74. The summed E-state index contributed by atoms with van der Waals surface area (Å²) in [4.78, 5) is 6.54. The van der Waals surface area contributed by atoms with E-state index in [9.17, 15) is 0 Å². The van der Waals surface area contributed by atoms with Gasteiger partial charge in [-0.05, 0) is 36.8 Å². The first-order valence-corrected chi connectivity index (χ1v) is 5.03. The van der Waals surface area contributed by atoms with Crippen molar-refractivity contribution in [2.45, 2.75) is 19.3 Å². The van der Waals surface area contributed by atoms with E-state index >= 15 is 0 Å². The Morgan fingerprint density at radius 1 is 1.15 bits per heavy atom. The van der Waals surface area contributed by atoms with Crippen molar-refractivity contribution in [1.82, 2.24) is 4.98 Å². The van der Waals surface area contributed by atoms with Crippen molar-refractivity contribution < 1.29 is 0 Å². The minimum Gasteiger partial charge on any atom is -0.371 e. The lowest BCUT2D eigenvalue weighted by Gasteiger charge is -2.17. The highest BCUT2D eigenvalue weighted by Gasteiger charge is 2.47. The molecule has 2 heteroatoms. The number of anilines is 1. The molecule has 2 heterocycles. The molecule has 0 radical (unpaired) electrons. The highest BCUT2D eigenvalue weighted by molar-refractivity contribution is 5.46. The van der Waals surface area contributed by atoms with E-state index in [1.807, 2.05) is 12.4 Å². The van der Waals surface area contributed by atoms with Crippen LogP contribution in [0.25, 0.3) is 0 Å². The van der Waals surface area contributed by atoms with E-state index in [2.05, 4.69) is 22.0 Å². The van der Waals surface area contributed by atoms with Crippen LogP contribution in [0.15, 0.2) is 24.5 Å². The van der Waals surface area contributed by atoms with E-state index in [-0.39, 0.29) is 0 Å². The van der Waals surface area contributed by atoms with Crippen LogP contribution in [0.3, 0.4) is 0 Å². The molecule has 1 aliphatic carbocycles. The van der Waals surface area contributed by atoms with Gasteiger partial charge in [0.1, 0.15) is 0 Å². The molecular weight excluding hydrogens is 160 g/mol. The topological polar surface area (TPSA) is 16.1 Å². The lowest BCUT2D eigenvalue weighted by molar-refractivity contribution is 0.581. The van der Waals surface area contributed by atoms with E-state index in [0.717, 1.165) is 5.41 Å². The van der Waals surface area contributed by atoms with Crippen LogP contribution in [0.4, 0.5) is 5.69 Å². The number of pyridine rings is 1. The molecule has 68 valence electrons. The fourth-order valence-corrected chi connectivity index (χ4v) is 2.30. The van der Waals surface area contributed by atoms with Gasteiger partial charge >= 0.3 is 0 Å². The first-order valence-electron chi connectivity index (χ1n) is 5.03. The van der Waals surface area contributed by atoms with Gasteiger partial charge in [-0.25, -0.2) is 0 Å². The molecular formula is C11H14N2. The van der Waals surface area contributed by atoms with Gasteiger partial charge in [-0.2, -0.15) is 0 Å². The Hall–Kier alpha value is -1.05. The Morgan fingerprint density at radius 3 is 2.54 bits per heavy atom. The molecule has 2 aliphatic rings. The average molecular weight is 174 g/mol. The molecule has 1 saturated carbocycles. The molecule has 1 aromatic rings. The molecule has 1 saturated heterocycles. The third-order valence-corrected chi connectivity index (χ3v) is 3.42. The summed E-state index contributed by atoms with van der Waals surface area (Å²) in [5.74, 6) is 0. The van der Waals surface area contributed by atoms with E-state index in [0.29, 0.717) is 0 Å². The Morgan fingerprint density at radius 2 is 1.92 bits per heavy atom. The molecule has 0 bridgehead atoms. The number of nitrogens with zero attached hydrogens (tertiary/aromatic N) is 2. The third kappa shape index (κ3) is 1.21. The minimum atomic E-state index is 0.725. The normalized spacial score (nSPS) is 23.8. The molecule has 0 aromatic carbocycles. The standard InChI is InChI=1S/C11H14N2/c1-6-12-7-2-10(1)13-8-5-11(9-13)3-4-11/h1-2,6-7H,3-5,8-9H2. The van der Waals surface area contributed by atoms with Crippen LogP contribution in [0, 0.1) is 5.41 Å². The van der Waals surface area contributed by atoms with Crippen LogP contribution in [0.1, 0.15) is 19.3 Å². The van der Waals surface area contributed by atoms with Gasteiger partial charge < -0.3 is 4.90 Å². The molecule has 1 aliphatic heterocycles. The SMILES string of the molecule is c1cc(N2CCC3(CC3)C2)ccn1. The van der Waals surface area contributed by atoms with Crippen LogP contribution in [0.5, 0.6) is 0 Å². The summed E-state index contributed by atoms with van der Waals surface area (Å²) in [6.45, 7) is 2.51. The number of aromatic nitrogens is 1. The second kappa shape index (κ2) is 2.47. The summed E-state index contributed by atoms with van der Waals surface area (Å²) in [5, 5.41) is 0. The van der Waals surface area contributed by atoms with Gasteiger partial charge in [0.05, 0.1) is 0 Å². The number of rotatable bonds is 1. The van der Waals surface area contributed by atoms with Gasteiger partial charge in [0.25, 0.3) is 0 Å². The summed E-state index contributed by atoms with van der Waals surface area (Å²) >= 11 is 0. The van der Waals surface area contributed by atoms with Crippen molar-refractivity contribution in [3.63, 3.8) is 0 Å². The highest BCUT2D eigenvalue weighted by atomic mass is 15.2. The van der Waals surface area contributed by atoms with E-state index in [1.54, 1.807) is 0 Å². The lowest BCUT2D eigenvalue weighted by atomic mass is 10.1. The average Bonchev–Trinajstić information content (AvgIpc) is 2.78. The summed E-state index contributed by atoms with van der Waals surface area (Å²) in [5.41, 5.74) is 2.07. The summed E-state index contributed by atoms with van der Waals surface area (Å²) in [7, 11) is 0. The monoisotopic (exact) mass is 174 g/mol. The third-order valence-electron chi connectivity index (χ3n) is 3.42. The Balaban J connectivity index is 1.80. The first-order chi connectivity index (χ1) is 6.38. The van der Waals surface area contributed by atoms with Crippen LogP contribution < -0.4 is 4.90 Å². The smallest absolute Gasteiger partial charge is 0.0397 e. The van der Waals surface area contributed by atoms with Gasteiger partial charge in [0, 0.05) is 31.2 Å². The van der Waals surface area contributed by atoms with Gasteiger partial charge in [0.15, 0.2) is 0 Å². The van der Waals surface area contributed by atoms with Gasteiger partial charge in [-0.1, -0.05) is 0 Å². The highest BCUT2D eigenvalue weighted by Crippen LogP contribution is 2.53. The second-order valence-electron chi connectivity index (χ2n) is 4.38. The quantitative estimate of drug-likeness (QED) is 0.648.